The molecular formula is C18H20N4O6P+. The second-order valence-electron chi connectivity index (χ2n) is 6.78. The van der Waals surface area contributed by atoms with E-state index in [1.807, 2.05) is 0 Å². The Balaban J connectivity index is 1.48. The Morgan fingerprint density at radius 1 is 1.28 bits per heavy atom. The number of benzene rings is 1. The van der Waals surface area contributed by atoms with Gasteiger partial charge in [-0.2, -0.15) is 5.10 Å². The van der Waals surface area contributed by atoms with Crippen molar-refractivity contribution in [2.24, 2.45) is 0 Å². The van der Waals surface area contributed by atoms with Gasteiger partial charge in [-0.15, -0.1) is 4.52 Å². The summed E-state index contributed by atoms with van der Waals surface area (Å²) in [4.78, 5) is 3.93. The molecule has 1 fully saturated rings. The average molecular weight is 419 g/mol. The fourth-order valence-electron chi connectivity index (χ4n) is 3.38. The van der Waals surface area contributed by atoms with Crippen LogP contribution in [0.25, 0.3) is 5.52 Å². The van der Waals surface area contributed by atoms with Crippen molar-refractivity contribution < 1.29 is 28.6 Å². The number of hydrogen-bond donors (Lipinski definition) is 3. The first-order chi connectivity index (χ1) is 13.9. The minimum absolute atomic E-state index is 0.240. The Hall–Kier alpha value is -2.62. The molecule has 152 valence electrons. The van der Waals surface area contributed by atoms with Crippen molar-refractivity contribution in [3.05, 3.63) is 54.5 Å². The molecular weight excluding hydrogens is 399 g/mol. The van der Waals surface area contributed by atoms with Crippen LogP contribution in [0, 0.1) is 0 Å². The summed E-state index contributed by atoms with van der Waals surface area (Å²) in [6, 6.07) is 12.0. The summed E-state index contributed by atoms with van der Waals surface area (Å²) in [5.41, 5.74) is 5.59. The number of nitrogens with zero attached hydrogens (tertiary/aromatic N) is 3. The molecule has 4 N–H and O–H groups in total. The van der Waals surface area contributed by atoms with Gasteiger partial charge in [0, 0.05) is 4.57 Å². The second-order valence-corrected chi connectivity index (χ2v) is 7.67. The topological polar surface area (TPSA) is 141 Å². The summed E-state index contributed by atoms with van der Waals surface area (Å²) < 4.78 is 29.9. The SMILES string of the molecule is CC1(c2ccc3c(N)ncnn23)OC(CO[P+](=O)Oc2ccccc2)C(O)C1O. The third-order valence-corrected chi connectivity index (χ3v) is 5.64. The quantitative estimate of drug-likeness (QED) is 0.506. The van der Waals surface area contributed by atoms with Crippen molar-refractivity contribution in [1.29, 1.82) is 0 Å². The van der Waals surface area contributed by atoms with Crippen LogP contribution in [0.3, 0.4) is 0 Å². The first-order valence-corrected chi connectivity index (χ1v) is 9.95. The van der Waals surface area contributed by atoms with Gasteiger partial charge in [-0.1, -0.05) is 18.2 Å². The normalized spacial score (nSPS) is 27.3. The van der Waals surface area contributed by atoms with Crippen LogP contribution in [0.4, 0.5) is 5.82 Å². The van der Waals surface area contributed by atoms with Crippen LogP contribution in [0.2, 0.25) is 0 Å². The zero-order valence-corrected chi connectivity index (χ0v) is 16.3. The van der Waals surface area contributed by atoms with Crippen molar-refractivity contribution in [3.63, 3.8) is 0 Å². The monoisotopic (exact) mass is 419 g/mol. The molecule has 0 aliphatic carbocycles. The highest BCUT2D eigenvalue weighted by atomic mass is 31.1. The van der Waals surface area contributed by atoms with E-state index in [0.717, 1.165) is 0 Å². The average Bonchev–Trinajstić information content (AvgIpc) is 3.24. The molecule has 1 aliphatic rings. The minimum atomic E-state index is -2.48. The van der Waals surface area contributed by atoms with E-state index in [0.29, 0.717) is 17.0 Å². The molecule has 10 nitrogen and oxygen atoms in total. The van der Waals surface area contributed by atoms with Gasteiger partial charge in [0.1, 0.15) is 42.4 Å². The maximum atomic E-state index is 12.0. The van der Waals surface area contributed by atoms with Gasteiger partial charge < -0.3 is 20.7 Å². The standard InChI is InChI=1S/C18H20N4O6P/c1-18(14-8-7-12-17(19)20-10-21-22(12)14)16(24)15(23)13(27-18)9-26-29(25)28-11-5-3-2-4-6-11/h2-8,10,13,15-16,23-24H,9H2,1H3,(H2,19,20,21)/q+1. The third-order valence-electron chi connectivity index (χ3n) is 4.92. The number of aromatic nitrogens is 3. The van der Waals surface area contributed by atoms with E-state index in [1.54, 1.807) is 49.4 Å². The summed E-state index contributed by atoms with van der Waals surface area (Å²) in [6.45, 7) is 1.39. The zero-order valence-electron chi connectivity index (χ0n) is 15.5. The molecule has 4 rings (SSSR count). The summed E-state index contributed by atoms with van der Waals surface area (Å²) >= 11 is 0. The largest absolute Gasteiger partial charge is 0.750 e. The van der Waals surface area contributed by atoms with Crippen LogP contribution < -0.4 is 10.3 Å². The van der Waals surface area contributed by atoms with Crippen LogP contribution >= 0.6 is 8.25 Å². The molecule has 1 saturated heterocycles. The number of hydrogen-bond acceptors (Lipinski definition) is 9. The molecule has 5 atom stereocenters. The molecule has 1 aromatic carbocycles. The first kappa shape index (κ1) is 19.7. The highest BCUT2D eigenvalue weighted by Gasteiger charge is 2.54. The fraction of sp³-hybridized carbons (Fsp3) is 0.333. The number of ether oxygens (including phenoxy) is 1. The van der Waals surface area contributed by atoms with E-state index in [9.17, 15) is 14.8 Å². The highest BCUT2D eigenvalue weighted by molar-refractivity contribution is 7.33. The van der Waals surface area contributed by atoms with Crippen LogP contribution in [-0.2, 0) is 19.4 Å². The van der Waals surface area contributed by atoms with Crippen LogP contribution in [0.5, 0.6) is 5.75 Å². The van der Waals surface area contributed by atoms with E-state index in [2.05, 4.69) is 10.1 Å². The van der Waals surface area contributed by atoms with Crippen molar-refractivity contribution in [2.45, 2.75) is 30.8 Å². The molecule has 0 spiro atoms. The number of nitrogen functional groups attached to an aromatic ring is 1. The minimum Gasteiger partial charge on any atom is -0.387 e. The van der Waals surface area contributed by atoms with Gasteiger partial charge in [0.15, 0.2) is 11.6 Å². The predicted octanol–water partition coefficient (Wildman–Crippen LogP) is 1.40. The molecule has 5 unspecified atom stereocenters. The third kappa shape index (κ3) is 3.57. The number of para-hydroxylation sites is 1. The predicted molar refractivity (Wildman–Crippen MR) is 102 cm³/mol. The van der Waals surface area contributed by atoms with Crippen LogP contribution in [0.15, 0.2) is 48.8 Å². The van der Waals surface area contributed by atoms with Gasteiger partial charge in [-0.05, 0) is 31.2 Å². The number of rotatable bonds is 6. The zero-order chi connectivity index (χ0) is 20.6. The molecule has 11 heteroatoms. The lowest BCUT2D eigenvalue weighted by Gasteiger charge is -2.27. The van der Waals surface area contributed by atoms with Gasteiger partial charge in [0.25, 0.3) is 0 Å². The van der Waals surface area contributed by atoms with Crippen LogP contribution in [-0.4, -0.2) is 49.7 Å². The van der Waals surface area contributed by atoms with Crippen molar-refractivity contribution >= 4 is 19.6 Å². The first-order valence-electron chi connectivity index (χ1n) is 8.86. The molecule has 3 aromatic rings. The number of aliphatic hydroxyl groups excluding tert-OH is 2. The lowest BCUT2D eigenvalue weighted by atomic mass is 9.93. The Morgan fingerprint density at radius 3 is 2.79 bits per heavy atom. The van der Waals surface area contributed by atoms with Gasteiger partial charge in [0.2, 0.25) is 0 Å². The summed E-state index contributed by atoms with van der Waals surface area (Å²) in [5, 5.41) is 25.3. The Kier molecular flexibility index (Phi) is 5.20. The Morgan fingerprint density at radius 2 is 2.03 bits per heavy atom. The fourth-order valence-corrected chi connectivity index (χ4v) is 4.00. The van der Waals surface area contributed by atoms with E-state index >= 15 is 0 Å². The highest BCUT2D eigenvalue weighted by Crippen LogP contribution is 2.41. The molecule has 2 aromatic heterocycles. The summed E-state index contributed by atoms with van der Waals surface area (Å²) in [6.07, 6.45) is -2.19. The molecule has 0 saturated carbocycles. The number of anilines is 1. The molecule has 0 amide bonds. The number of aliphatic hydroxyl groups is 2. The van der Waals surface area contributed by atoms with Gasteiger partial charge in [-0.3, -0.25) is 0 Å². The van der Waals surface area contributed by atoms with Crippen molar-refractivity contribution in [2.75, 3.05) is 12.3 Å². The summed E-state index contributed by atoms with van der Waals surface area (Å²) in [7, 11) is -2.48. The maximum absolute atomic E-state index is 12.0. The lowest BCUT2D eigenvalue weighted by Crippen LogP contribution is -2.39. The molecule has 0 radical (unpaired) electrons. The molecule has 3 heterocycles. The Bertz CT molecular complexity index is 1030. The Labute approximate surface area is 166 Å². The number of nitrogens with two attached hydrogens (primary N) is 1. The van der Waals surface area contributed by atoms with Gasteiger partial charge in [-0.25, -0.2) is 14.0 Å². The van der Waals surface area contributed by atoms with Crippen LogP contribution in [0.1, 0.15) is 12.6 Å². The van der Waals surface area contributed by atoms with Gasteiger partial charge in [0.05, 0.1) is 5.69 Å². The smallest absolute Gasteiger partial charge is 0.387 e. The lowest BCUT2D eigenvalue weighted by molar-refractivity contribution is -0.0867. The van der Waals surface area contributed by atoms with E-state index in [-0.39, 0.29) is 12.4 Å². The molecule has 1 aliphatic heterocycles. The van der Waals surface area contributed by atoms with Crippen molar-refractivity contribution in [3.8, 4) is 5.75 Å². The van der Waals surface area contributed by atoms with E-state index in [1.165, 1.54) is 10.8 Å². The van der Waals surface area contributed by atoms with E-state index < -0.39 is 32.2 Å². The molecule has 0 bridgehead atoms. The van der Waals surface area contributed by atoms with Crippen molar-refractivity contribution in [1.82, 2.24) is 14.6 Å². The van der Waals surface area contributed by atoms with E-state index in [4.69, 9.17) is 19.5 Å². The number of fused-ring (bicyclic) bond motifs is 1. The van der Waals surface area contributed by atoms with Gasteiger partial charge >= 0.3 is 8.25 Å². The second kappa shape index (κ2) is 7.66. The molecule has 29 heavy (non-hydrogen) atoms. The maximum Gasteiger partial charge on any atom is 0.750 e. The summed E-state index contributed by atoms with van der Waals surface area (Å²) in [5.74, 6) is 0.668.